The highest BCUT2D eigenvalue weighted by molar-refractivity contribution is 5.66. The van der Waals surface area contributed by atoms with Gasteiger partial charge in [-0.2, -0.15) is 0 Å². The number of rotatable bonds is 8. The molecule has 0 aliphatic rings. The molecule has 0 saturated carbocycles. The Morgan fingerprint density at radius 2 is 1.83 bits per heavy atom. The van der Waals surface area contributed by atoms with E-state index in [0.29, 0.717) is 5.69 Å². The third kappa shape index (κ3) is 5.92. The van der Waals surface area contributed by atoms with Gasteiger partial charge in [0.15, 0.2) is 0 Å². The Morgan fingerprint density at radius 1 is 1.17 bits per heavy atom. The van der Waals surface area contributed by atoms with Crippen molar-refractivity contribution in [3.8, 4) is 0 Å². The van der Waals surface area contributed by atoms with Crippen LogP contribution in [0, 0.1) is 0 Å². The summed E-state index contributed by atoms with van der Waals surface area (Å²) in [7, 11) is 0. The van der Waals surface area contributed by atoms with Crippen LogP contribution in [0.3, 0.4) is 0 Å². The van der Waals surface area contributed by atoms with Crippen LogP contribution in [0.15, 0.2) is 29.4 Å². The van der Waals surface area contributed by atoms with Gasteiger partial charge in [-0.05, 0) is 30.4 Å². The Morgan fingerprint density at radius 3 is 2.44 bits per heavy atom. The number of aliphatic carboxylic acids is 1. The van der Waals surface area contributed by atoms with E-state index in [-0.39, 0.29) is 6.42 Å². The van der Waals surface area contributed by atoms with Crippen molar-refractivity contribution in [1.29, 1.82) is 0 Å². The fourth-order valence-corrected chi connectivity index (χ4v) is 1.74. The lowest BCUT2D eigenvalue weighted by Crippen LogP contribution is -1.93. The Labute approximate surface area is 106 Å². The van der Waals surface area contributed by atoms with E-state index in [2.05, 4.69) is 10.0 Å². The molecule has 0 heterocycles. The van der Waals surface area contributed by atoms with Crippen LogP contribution >= 0.6 is 0 Å². The van der Waals surface area contributed by atoms with Crippen molar-refractivity contribution >= 4 is 11.7 Å². The largest absolute Gasteiger partial charge is 0.481 e. The number of unbranched alkanes of at least 4 members (excludes halogenated alkanes) is 3. The SMILES string of the molecule is [N-]=[N+]=Nc1ccc(CCCCCCC(=O)O)cc1. The zero-order chi connectivity index (χ0) is 13.2. The normalized spacial score (nSPS) is 9.78. The van der Waals surface area contributed by atoms with Gasteiger partial charge in [-0.15, -0.1) is 0 Å². The van der Waals surface area contributed by atoms with Crippen molar-refractivity contribution in [3.05, 3.63) is 40.3 Å². The first-order valence-corrected chi connectivity index (χ1v) is 6.08. The Balaban J connectivity index is 2.19. The topological polar surface area (TPSA) is 86.1 Å². The average Bonchev–Trinajstić information content (AvgIpc) is 2.35. The predicted molar refractivity (Wildman–Crippen MR) is 69.7 cm³/mol. The molecule has 0 fully saturated rings. The standard InChI is InChI=1S/C13H17N3O2/c14-16-15-12-9-7-11(8-10-12)5-3-1-2-4-6-13(17)18/h7-10H,1-6H2,(H,17,18). The number of carbonyl (C=O) groups is 1. The number of nitrogens with zero attached hydrogens (tertiary/aromatic N) is 3. The molecule has 0 spiro atoms. The minimum atomic E-state index is -0.719. The number of carboxylic acid groups (broad SMARTS) is 1. The fourth-order valence-electron chi connectivity index (χ4n) is 1.74. The Kier molecular flexibility index (Phi) is 6.36. The molecular formula is C13H17N3O2. The molecule has 1 rings (SSSR count). The number of azide groups is 1. The molecule has 0 atom stereocenters. The summed E-state index contributed by atoms with van der Waals surface area (Å²) in [4.78, 5) is 13.0. The van der Waals surface area contributed by atoms with Gasteiger partial charge >= 0.3 is 5.97 Å². The summed E-state index contributed by atoms with van der Waals surface area (Å²) in [6.07, 6.45) is 5.06. The lowest BCUT2D eigenvalue weighted by molar-refractivity contribution is -0.137. The van der Waals surface area contributed by atoms with Gasteiger partial charge in [0.05, 0.1) is 0 Å². The molecular weight excluding hydrogens is 230 g/mol. The van der Waals surface area contributed by atoms with E-state index < -0.39 is 5.97 Å². The van der Waals surface area contributed by atoms with E-state index in [1.807, 2.05) is 12.1 Å². The monoisotopic (exact) mass is 247 g/mol. The summed E-state index contributed by atoms with van der Waals surface area (Å²) in [5.41, 5.74) is 10.1. The van der Waals surface area contributed by atoms with E-state index in [1.165, 1.54) is 5.56 Å². The van der Waals surface area contributed by atoms with Crippen molar-refractivity contribution in [3.63, 3.8) is 0 Å². The maximum Gasteiger partial charge on any atom is 0.303 e. The maximum atomic E-state index is 10.3. The molecule has 0 bridgehead atoms. The highest BCUT2D eigenvalue weighted by atomic mass is 16.4. The van der Waals surface area contributed by atoms with Gasteiger partial charge in [0.25, 0.3) is 0 Å². The van der Waals surface area contributed by atoms with Gasteiger partial charge < -0.3 is 5.11 Å². The zero-order valence-corrected chi connectivity index (χ0v) is 10.2. The van der Waals surface area contributed by atoms with Crippen LogP contribution in [-0.4, -0.2) is 11.1 Å². The van der Waals surface area contributed by atoms with Gasteiger partial charge in [0.2, 0.25) is 0 Å². The second-order valence-electron chi connectivity index (χ2n) is 4.16. The van der Waals surface area contributed by atoms with Crippen LogP contribution < -0.4 is 0 Å². The highest BCUT2D eigenvalue weighted by Crippen LogP contribution is 2.15. The van der Waals surface area contributed by atoms with E-state index in [9.17, 15) is 4.79 Å². The molecule has 5 nitrogen and oxygen atoms in total. The molecule has 5 heteroatoms. The van der Waals surface area contributed by atoms with Gasteiger partial charge in [-0.25, -0.2) is 0 Å². The third-order valence-corrected chi connectivity index (χ3v) is 2.70. The number of hydrogen-bond donors (Lipinski definition) is 1. The molecule has 96 valence electrons. The highest BCUT2D eigenvalue weighted by Gasteiger charge is 1.97. The van der Waals surface area contributed by atoms with Gasteiger partial charge in [-0.1, -0.05) is 42.2 Å². The minimum absolute atomic E-state index is 0.265. The first kappa shape index (κ1) is 14.1. The van der Waals surface area contributed by atoms with Crippen LogP contribution in [0.2, 0.25) is 0 Å². The van der Waals surface area contributed by atoms with Crippen molar-refractivity contribution in [2.24, 2.45) is 5.11 Å². The summed E-state index contributed by atoms with van der Waals surface area (Å²) < 4.78 is 0. The van der Waals surface area contributed by atoms with Crippen LogP contribution in [0.5, 0.6) is 0 Å². The third-order valence-electron chi connectivity index (χ3n) is 2.70. The molecule has 0 unspecified atom stereocenters. The summed E-state index contributed by atoms with van der Waals surface area (Å²) in [5, 5.41) is 12.0. The molecule has 0 radical (unpaired) electrons. The maximum absolute atomic E-state index is 10.3. The molecule has 0 aliphatic carbocycles. The average molecular weight is 247 g/mol. The quantitative estimate of drug-likeness (QED) is 0.323. The molecule has 18 heavy (non-hydrogen) atoms. The summed E-state index contributed by atoms with van der Waals surface area (Å²) in [5.74, 6) is -0.719. The number of benzene rings is 1. The van der Waals surface area contributed by atoms with E-state index >= 15 is 0 Å². The number of carboxylic acids is 1. The van der Waals surface area contributed by atoms with Crippen molar-refractivity contribution in [2.45, 2.75) is 38.5 Å². The molecule has 0 aromatic heterocycles. The minimum Gasteiger partial charge on any atom is -0.481 e. The van der Waals surface area contributed by atoms with Crippen LogP contribution in [0.4, 0.5) is 5.69 Å². The van der Waals surface area contributed by atoms with Crippen molar-refractivity contribution in [2.75, 3.05) is 0 Å². The molecule has 1 aromatic carbocycles. The summed E-state index contributed by atoms with van der Waals surface area (Å²) in [6.45, 7) is 0. The fraction of sp³-hybridized carbons (Fsp3) is 0.462. The molecule has 1 aromatic rings. The molecule has 0 amide bonds. The molecule has 0 saturated heterocycles. The Bertz CT molecular complexity index is 422. The summed E-state index contributed by atoms with van der Waals surface area (Å²) in [6, 6.07) is 7.53. The number of aryl methyl sites for hydroxylation is 1. The van der Waals surface area contributed by atoms with E-state index in [4.69, 9.17) is 10.6 Å². The first-order chi connectivity index (χ1) is 8.72. The van der Waals surface area contributed by atoms with Crippen molar-refractivity contribution in [1.82, 2.24) is 0 Å². The van der Waals surface area contributed by atoms with Gasteiger partial charge in [0, 0.05) is 17.0 Å². The van der Waals surface area contributed by atoms with E-state index in [1.54, 1.807) is 12.1 Å². The first-order valence-electron chi connectivity index (χ1n) is 6.08. The predicted octanol–water partition coefficient (Wildman–Crippen LogP) is 4.21. The second-order valence-corrected chi connectivity index (χ2v) is 4.16. The smallest absolute Gasteiger partial charge is 0.303 e. The lowest BCUT2D eigenvalue weighted by Gasteiger charge is -2.02. The van der Waals surface area contributed by atoms with Crippen LogP contribution in [0.1, 0.15) is 37.7 Å². The lowest BCUT2D eigenvalue weighted by atomic mass is 10.1. The van der Waals surface area contributed by atoms with Crippen LogP contribution in [-0.2, 0) is 11.2 Å². The summed E-state index contributed by atoms with van der Waals surface area (Å²) >= 11 is 0. The zero-order valence-electron chi connectivity index (χ0n) is 10.2. The van der Waals surface area contributed by atoms with Crippen molar-refractivity contribution < 1.29 is 9.90 Å². The molecule has 1 N–H and O–H groups in total. The molecule has 0 aliphatic heterocycles. The second kappa shape index (κ2) is 8.14. The van der Waals surface area contributed by atoms with Gasteiger partial charge in [-0.3, -0.25) is 4.79 Å². The van der Waals surface area contributed by atoms with Crippen LogP contribution in [0.25, 0.3) is 10.4 Å². The van der Waals surface area contributed by atoms with Gasteiger partial charge in [0.1, 0.15) is 0 Å². The van der Waals surface area contributed by atoms with E-state index in [0.717, 1.165) is 32.1 Å². The number of hydrogen-bond acceptors (Lipinski definition) is 2. The Hall–Kier alpha value is -2.00.